The number of H-pyrrole nitrogens is 2. The first kappa shape index (κ1) is 78.3. The highest BCUT2D eigenvalue weighted by Gasteiger charge is 2.41. The van der Waals surface area contributed by atoms with Gasteiger partial charge in [-0.25, -0.2) is 0 Å². The Balaban J connectivity index is 1.27. The normalized spacial score (nSPS) is 15.9. The Morgan fingerprint density at radius 1 is 0.505 bits per heavy atom. The number of carbonyl (C=O) groups excluding carboxylic acids is 10. The van der Waals surface area contributed by atoms with Crippen LogP contribution in [0.1, 0.15) is 103 Å². The number of phenolic OH excluding ortho intramolecular Hbond substituents is 1. The van der Waals surface area contributed by atoms with E-state index in [0.29, 0.717) is 44.9 Å². The maximum atomic E-state index is 14.9. The van der Waals surface area contributed by atoms with E-state index < -0.39 is 175 Å². The van der Waals surface area contributed by atoms with Crippen LogP contribution >= 0.6 is 25.3 Å². The SMILES string of the molecule is CC(C)C[C@H](NC(=O)[C@H](CCC(=O)O)NC(=O)[C@H](Cc1c[nH]c2ccccc12)NC(=O)[C@H](Cc1ccc(O)cc1)NC(=O)[C@@H](N)CS)C(=O)N[C@@H](CCC(=O)O)C(=O)N[C@@H](Cc1c[nH]c2ccccc12)C(=O)N[C@@H](CC(C)C)C(=O)N1CCC[C@H]1C(=O)N[C@@H](CS)C(=O)N[C@@H](C)C(=O)O. The quantitative estimate of drug-likeness (QED) is 0.0244. The standard InChI is InChI=1S/C67H89N13O17S2/c1-34(2)25-48(75-58(87)46(20-22-55(82)83)73-62(91)50(28-38-30-69-44-13-8-6-11-41(38)44)77-61(90)49(74-57(86)43(68)32-98)27-37-16-18-40(81)19-17-37)60(89)72-47(21-23-56(84)85)59(88)76-51(29-39-31-70-45-14-9-7-12-42(39)45)63(92)78-52(26-35(3)4)66(95)80-24-10-15-54(80)65(94)79-53(33-99)64(93)71-36(5)67(96)97/h6-9,11-14,16-19,30-31,34-36,43,46-54,69-70,81,98-99H,10,15,20-29,32-33,68H2,1-5H3,(H,71,93)(H,72,89)(H,73,91)(H,74,86)(H,75,87)(H,76,88)(H,77,90)(H,78,92)(H,79,94)(H,82,83)(H,84,85)(H,96,97)/t36-,43-,46-,47-,48-,49-,50-,51-,52-,53-,54-/m0/s1. The van der Waals surface area contributed by atoms with Crippen molar-refractivity contribution in [3.8, 4) is 5.75 Å². The van der Waals surface area contributed by atoms with Gasteiger partial charge in [0, 0.05) is 84.4 Å². The van der Waals surface area contributed by atoms with E-state index in [9.17, 15) is 82.8 Å². The highest BCUT2D eigenvalue weighted by atomic mass is 32.1. The maximum Gasteiger partial charge on any atom is 0.325 e. The molecule has 5 aromatic rings. The number of nitrogens with one attached hydrogen (secondary N) is 11. The molecule has 32 heteroatoms. The summed E-state index contributed by atoms with van der Waals surface area (Å²) >= 11 is 8.29. The number of aromatic hydroxyl groups is 1. The molecule has 1 aliphatic heterocycles. The van der Waals surface area contributed by atoms with Gasteiger partial charge in [0.15, 0.2) is 0 Å². The minimum Gasteiger partial charge on any atom is -0.508 e. The van der Waals surface area contributed by atoms with Crippen LogP contribution in [0, 0.1) is 11.8 Å². The lowest BCUT2D eigenvalue weighted by Crippen LogP contribution is -2.61. The van der Waals surface area contributed by atoms with Gasteiger partial charge in [-0.05, 0) is 98.2 Å². The van der Waals surface area contributed by atoms with Gasteiger partial charge in [0.1, 0.15) is 66.2 Å². The topological polar surface area (TPSA) is 472 Å². The predicted molar refractivity (Wildman–Crippen MR) is 370 cm³/mol. The van der Waals surface area contributed by atoms with Crippen molar-refractivity contribution in [1.82, 2.24) is 62.7 Å². The van der Waals surface area contributed by atoms with Gasteiger partial charge in [-0.2, -0.15) is 25.3 Å². The molecule has 17 N–H and O–H groups in total. The Kier molecular flexibility index (Phi) is 29.5. The zero-order chi connectivity index (χ0) is 72.8. The van der Waals surface area contributed by atoms with Crippen molar-refractivity contribution >= 4 is 124 Å². The summed E-state index contributed by atoms with van der Waals surface area (Å²) in [5.41, 5.74) is 8.84. The number of carboxylic acids is 3. The number of fused-ring (bicyclic) bond motifs is 2. The highest BCUT2D eigenvalue weighted by molar-refractivity contribution is 7.80. The Morgan fingerprint density at radius 2 is 0.919 bits per heavy atom. The van der Waals surface area contributed by atoms with Gasteiger partial charge < -0.3 is 88.9 Å². The molecule has 0 aliphatic carbocycles. The van der Waals surface area contributed by atoms with Crippen molar-refractivity contribution < 1.29 is 82.8 Å². The van der Waals surface area contributed by atoms with E-state index in [0.717, 1.165) is 0 Å². The van der Waals surface area contributed by atoms with Crippen LogP contribution in [0.3, 0.4) is 0 Å². The van der Waals surface area contributed by atoms with Crippen LogP contribution in [0.25, 0.3) is 21.8 Å². The number of rotatable bonds is 38. The van der Waals surface area contributed by atoms with E-state index >= 15 is 0 Å². The number of benzene rings is 3. The number of carboxylic acid groups (broad SMARTS) is 3. The van der Waals surface area contributed by atoms with Gasteiger partial charge in [0.05, 0.1) is 6.04 Å². The number of aliphatic carboxylic acids is 3. The number of aromatic amines is 2. The van der Waals surface area contributed by atoms with Crippen LogP contribution in [0.15, 0.2) is 85.2 Å². The van der Waals surface area contributed by atoms with Crippen molar-refractivity contribution in [3.05, 3.63) is 102 Å². The summed E-state index contributed by atoms with van der Waals surface area (Å²) in [5, 5.41) is 63.7. The van der Waals surface area contributed by atoms with E-state index in [-0.39, 0.29) is 68.2 Å². The fraction of sp³-hybridized carbons (Fsp3) is 0.478. The zero-order valence-electron chi connectivity index (χ0n) is 55.5. The van der Waals surface area contributed by atoms with Crippen molar-refractivity contribution in [2.24, 2.45) is 17.6 Å². The third-order valence-electron chi connectivity index (χ3n) is 16.6. The molecule has 6 rings (SSSR count). The second-order valence-corrected chi connectivity index (χ2v) is 26.1. The predicted octanol–water partition coefficient (Wildman–Crippen LogP) is 0.850. The summed E-state index contributed by atoms with van der Waals surface area (Å²) in [6, 6.07) is 4.20. The molecule has 11 atom stereocenters. The van der Waals surface area contributed by atoms with E-state index in [2.05, 4.69) is 83.1 Å². The molecule has 10 amide bonds. The van der Waals surface area contributed by atoms with Crippen molar-refractivity contribution in [2.45, 2.75) is 172 Å². The summed E-state index contributed by atoms with van der Waals surface area (Å²) < 4.78 is 0. The highest BCUT2D eigenvalue weighted by Crippen LogP contribution is 2.24. The average Bonchev–Trinajstić information content (AvgIpc) is 1.77. The van der Waals surface area contributed by atoms with Crippen molar-refractivity contribution in [2.75, 3.05) is 18.1 Å². The van der Waals surface area contributed by atoms with Crippen LogP contribution in [-0.2, 0) is 81.6 Å². The van der Waals surface area contributed by atoms with E-state index in [1.807, 2.05) is 0 Å². The molecule has 0 bridgehead atoms. The van der Waals surface area contributed by atoms with Gasteiger partial charge in [0.2, 0.25) is 59.1 Å². The number of phenols is 1. The summed E-state index contributed by atoms with van der Waals surface area (Å²) in [6.07, 6.45) is 0.443. The summed E-state index contributed by atoms with van der Waals surface area (Å²) in [4.78, 5) is 187. The number of thiol groups is 2. The van der Waals surface area contributed by atoms with Crippen LogP contribution < -0.4 is 53.6 Å². The monoisotopic (exact) mass is 1410 g/mol. The first-order valence-electron chi connectivity index (χ1n) is 32.5. The molecule has 536 valence electrons. The Labute approximate surface area is 581 Å². The van der Waals surface area contributed by atoms with Crippen LogP contribution in [0.4, 0.5) is 0 Å². The number of carbonyl (C=O) groups is 13. The van der Waals surface area contributed by atoms with Crippen molar-refractivity contribution in [1.29, 1.82) is 0 Å². The molecule has 0 radical (unpaired) electrons. The first-order valence-corrected chi connectivity index (χ1v) is 33.8. The molecule has 99 heavy (non-hydrogen) atoms. The zero-order valence-corrected chi connectivity index (χ0v) is 57.3. The second-order valence-electron chi connectivity index (χ2n) is 25.3. The van der Waals surface area contributed by atoms with E-state index in [1.54, 1.807) is 88.6 Å². The van der Waals surface area contributed by atoms with Gasteiger partial charge >= 0.3 is 17.9 Å². The minimum absolute atomic E-state index is 0.0264. The Bertz CT molecular complexity index is 3710. The number of likely N-dealkylation sites (tertiary alicyclic amines) is 1. The lowest BCUT2D eigenvalue weighted by molar-refractivity contribution is -0.143. The lowest BCUT2D eigenvalue weighted by Gasteiger charge is -2.31. The molecule has 3 heterocycles. The Morgan fingerprint density at radius 3 is 1.38 bits per heavy atom. The van der Waals surface area contributed by atoms with Crippen molar-refractivity contribution in [3.63, 3.8) is 0 Å². The molecule has 0 saturated carbocycles. The molecule has 2 aromatic heterocycles. The fourth-order valence-corrected chi connectivity index (χ4v) is 11.8. The molecule has 0 unspecified atom stereocenters. The van der Waals surface area contributed by atoms with Gasteiger partial charge in [-0.1, -0.05) is 76.2 Å². The second kappa shape index (κ2) is 37.3. The van der Waals surface area contributed by atoms with E-state index in [4.69, 9.17) is 5.73 Å². The number of hydrogen-bond donors (Lipinski definition) is 18. The lowest BCUT2D eigenvalue weighted by atomic mass is 9.99. The van der Waals surface area contributed by atoms with Crippen LogP contribution in [0.2, 0.25) is 0 Å². The number of hydrogen-bond acceptors (Lipinski definition) is 17. The Hall–Kier alpha value is -9.69. The number of amides is 10. The molecule has 1 fully saturated rings. The van der Waals surface area contributed by atoms with Crippen LogP contribution in [-0.4, -0.2) is 197 Å². The number of aromatic nitrogens is 2. The fourth-order valence-electron chi connectivity index (χ4n) is 11.3. The third-order valence-corrected chi connectivity index (χ3v) is 17.4. The molecular formula is C67H89N13O17S2. The van der Waals surface area contributed by atoms with Crippen LogP contribution in [0.5, 0.6) is 5.75 Å². The summed E-state index contributed by atoms with van der Waals surface area (Å²) in [6.45, 7) is 8.28. The number of nitrogens with zero attached hydrogens (tertiary/aromatic N) is 1. The maximum absolute atomic E-state index is 14.9. The molecular weight excluding hydrogens is 1320 g/mol. The molecule has 1 saturated heterocycles. The number of nitrogens with two attached hydrogens (primary N) is 1. The summed E-state index contributed by atoms with van der Waals surface area (Å²) in [7, 11) is 0. The largest absolute Gasteiger partial charge is 0.508 e. The minimum atomic E-state index is -1.74. The van der Waals surface area contributed by atoms with E-state index in [1.165, 1.54) is 36.1 Å². The average molecular weight is 1410 g/mol. The summed E-state index contributed by atoms with van der Waals surface area (Å²) in [5.74, 6) is -14.0. The van der Waals surface area contributed by atoms with Gasteiger partial charge in [0.25, 0.3) is 0 Å². The molecule has 30 nitrogen and oxygen atoms in total. The third kappa shape index (κ3) is 23.2. The van der Waals surface area contributed by atoms with Gasteiger partial charge in [-0.15, -0.1) is 0 Å². The molecule has 3 aromatic carbocycles. The number of para-hydroxylation sites is 2. The molecule has 0 spiro atoms. The molecule has 1 aliphatic rings. The smallest absolute Gasteiger partial charge is 0.325 e. The van der Waals surface area contributed by atoms with Gasteiger partial charge in [-0.3, -0.25) is 62.3 Å². The first-order chi connectivity index (χ1) is 47.0.